The molecule has 0 spiro atoms. The second kappa shape index (κ2) is 5.70. The Hall–Kier alpha value is -1.52. The van der Waals surface area contributed by atoms with Gasteiger partial charge in [-0.1, -0.05) is 39.7 Å². The van der Waals surface area contributed by atoms with Crippen molar-refractivity contribution in [1.82, 2.24) is 0 Å². The van der Waals surface area contributed by atoms with Gasteiger partial charge in [0.05, 0.1) is 12.6 Å². The SMILES string of the molecule is Cc1cc(Cl)ccc1C1CN=C(N)N1c1cccc(Br)c1. The van der Waals surface area contributed by atoms with Gasteiger partial charge in [0.15, 0.2) is 5.96 Å². The second-order valence-electron chi connectivity index (χ2n) is 5.07. The molecular weight excluding hydrogens is 350 g/mol. The topological polar surface area (TPSA) is 41.6 Å². The zero-order chi connectivity index (χ0) is 15.0. The number of halogens is 2. The van der Waals surface area contributed by atoms with E-state index in [1.807, 2.05) is 36.4 Å². The fraction of sp³-hybridized carbons (Fsp3) is 0.188. The third-order valence-electron chi connectivity index (χ3n) is 3.66. The van der Waals surface area contributed by atoms with Gasteiger partial charge in [-0.05, 0) is 48.4 Å². The number of benzene rings is 2. The first-order valence-corrected chi connectivity index (χ1v) is 7.84. The van der Waals surface area contributed by atoms with Crippen LogP contribution < -0.4 is 10.6 Å². The highest BCUT2D eigenvalue weighted by molar-refractivity contribution is 9.10. The predicted octanol–water partition coefficient (Wildman–Crippen LogP) is 4.29. The maximum atomic E-state index is 6.10. The zero-order valence-corrected chi connectivity index (χ0v) is 13.9. The number of guanidine groups is 1. The van der Waals surface area contributed by atoms with E-state index in [-0.39, 0.29) is 6.04 Å². The highest BCUT2D eigenvalue weighted by Gasteiger charge is 2.29. The van der Waals surface area contributed by atoms with Crippen LogP contribution in [0.15, 0.2) is 51.9 Å². The van der Waals surface area contributed by atoms with Gasteiger partial charge in [-0.3, -0.25) is 4.99 Å². The smallest absolute Gasteiger partial charge is 0.196 e. The monoisotopic (exact) mass is 363 g/mol. The Morgan fingerprint density at radius 2 is 2.10 bits per heavy atom. The molecule has 0 aliphatic carbocycles. The summed E-state index contributed by atoms with van der Waals surface area (Å²) in [6.07, 6.45) is 0. The summed E-state index contributed by atoms with van der Waals surface area (Å²) in [6, 6.07) is 14.1. The average Bonchev–Trinajstić information content (AvgIpc) is 2.80. The summed E-state index contributed by atoms with van der Waals surface area (Å²) in [4.78, 5) is 6.49. The molecule has 0 bridgehead atoms. The molecule has 0 aromatic heterocycles. The molecule has 5 heteroatoms. The molecule has 1 atom stereocenters. The molecule has 108 valence electrons. The van der Waals surface area contributed by atoms with Crippen LogP contribution in [-0.2, 0) is 0 Å². The summed E-state index contributed by atoms with van der Waals surface area (Å²) >= 11 is 9.56. The molecule has 2 aromatic carbocycles. The second-order valence-corrected chi connectivity index (χ2v) is 6.42. The molecule has 1 aliphatic heterocycles. The molecule has 3 rings (SSSR count). The molecule has 0 radical (unpaired) electrons. The zero-order valence-electron chi connectivity index (χ0n) is 11.6. The molecule has 3 nitrogen and oxygen atoms in total. The molecular formula is C16H15BrClN3. The van der Waals surface area contributed by atoms with Gasteiger partial charge >= 0.3 is 0 Å². The standard InChI is InChI=1S/C16H15BrClN3/c1-10-7-12(18)5-6-14(10)15-9-20-16(19)21(15)13-4-2-3-11(17)8-13/h2-8,15H,9H2,1H3,(H2,19,20). The van der Waals surface area contributed by atoms with Crippen LogP contribution in [0, 0.1) is 6.92 Å². The van der Waals surface area contributed by atoms with Crippen molar-refractivity contribution in [2.75, 3.05) is 11.4 Å². The van der Waals surface area contributed by atoms with Gasteiger partial charge < -0.3 is 10.6 Å². The van der Waals surface area contributed by atoms with Crippen molar-refractivity contribution in [2.45, 2.75) is 13.0 Å². The molecule has 1 unspecified atom stereocenters. The Morgan fingerprint density at radius 3 is 2.81 bits per heavy atom. The van der Waals surface area contributed by atoms with Crippen LogP contribution in [0.1, 0.15) is 17.2 Å². The van der Waals surface area contributed by atoms with Crippen LogP contribution in [0.25, 0.3) is 0 Å². The molecule has 1 aliphatic rings. The average molecular weight is 365 g/mol. The summed E-state index contributed by atoms with van der Waals surface area (Å²) in [7, 11) is 0. The summed E-state index contributed by atoms with van der Waals surface area (Å²) in [6.45, 7) is 2.72. The van der Waals surface area contributed by atoms with E-state index in [0.717, 1.165) is 20.7 Å². The van der Waals surface area contributed by atoms with Crippen molar-refractivity contribution in [3.8, 4) is 0 Å². The van der Waals surface area contributed by atoms with Gasteiger partial charge in [0.25, 0.3) is 0 Å². The Kier molecular flexibility index (Phi) is 3.91. The summed E-state index contributed by atoms with van der Waals surface area (Å²) < 4.78 is 1.02. The molecule has 21 heavy (non-hydrogen) atoms. The molecule has 0 saturated carbocycles. The van der Waals surface area contributed by atoms with Gasteiger partial charge in [0, 0.05) is 15.2 Å². The molecule has 0 amide bonds. The lowest BCUT2D eigenvalue weighted by atomic mass is 10.0. The van der Waals surface area contributed by atoms with E-state index < -0.39 is 0 Å². The number of hydrogen-bond donors (Lipinski definition) is 1. The van der Waals surface area contributed by atoms with Crippen molar-refractivity contribution >= 4 is 39.2 Å². The van der Waals surface area contributed by atoms with E-state index in [4.69, 9.17) is 17.3 Å². The van der Waals surface area contributed by atoms with Gasteiger partial charge in [-0.15, -0.1) is 0 Å². The Labute approximate surface area is 137 Å². The largest absolute Gasteiger partial charge is 0.369 e. The fourth-order valence-corrected chi connectivity index (χ4v) is 3.30. The number of aryl methyl sites for hydroxylation is 1. The molecule has 1 heterocycles. The minimum Gasteiger partial charge on any atom is -0.369 e. The molecule has 2 N–H and O–H groups in total. The molecule has 0 fully saturated rings. The van der Waals surface area contributed by atoms with Crippen molar-refractivity contribution in [3.63, 3.8) is 0 Å². The molecule has 2 aromatic rings. The van der Waals surface area contributed by atoms with E-state index in [2.05, 4.69) is 38.8 Å². The summed E-state index contributed by atoms with van der Waals surface area (Å²) in [5.74, 6) is 0.549. The van der Waals surface area contributed by atoms with Gasteiger partial charge in [0.1, 0.15) is 0 Å². The third-order valence-corrected chi connectivity index (χ3v) is 4.39. The highest BCUT2D eigenvalue weighted by Crippen LogP contribution is 2.34. The lowest BCUT2D eigenvalue weighted by molar-refractivity contribution is 0.762. The van der Waals surface area contributed by atoms with E-state index in [1.165, 1.54) is 5.56 Å². The van der Waals surface area contributed by atoms with Crippen LogP contribution in [0.5, 0.6) is 0 Å². The van der Waals surface area contributed by atoms with E-state index >= 15 is 0 Å². The van der Waals surface area contributed by atoms with Crippen molar-refractivity contribution in [2.24, 2.45) is 10.7 Å². The molecule has 0 saturated heterocycles. The van der Waals surface area contributed by atoms with Gasteiger partial charge in [-0.2, -0.15) is 0 Å². The lowest BCUT2D eigenvalue weighted by Gasteiger charge is -2.28. The van der Waals surface area contributed by atoms with Crippen LogP contribution in [0.4, 0.5) is 5.69 Å². The minimum absolute atomic E-state index is 0.108. The van der Waals surface area contributed by atoms with E-state index in [0.29, 0.717) is 12.5 Å². The van der Waals surface area contributed by atoms with Crippen molar-refractivity contribution < 1.29 is 0 Å². The first kappa shape index (κ1) is 14.4. The number of hydrogen-bond acceptors (Lipinski definition) is 3. The number of nitrogens with zero attached hydrogens (tertiary/aromatic N) is 2. The summed E-state index contributed by atoms with van der Waals surface area (Å²) in [5, 5.41) is 0.747. The Bertz CT molecular complexity index is 714. The lowest BCUT2D eigenvalue weighted by Crippen LogP contribution is -2.36. The fourth-order valence-electron chi connectivity index (χ4n) is 2.69. The van der Waals surface area contributed by atoms with Crippen LogP contribution in [0.2, 0.25) is 5.02 Å². The minimum atomic E-state index is 0.108. The van der Waals surface area contributed by atoms with Crippen molar-refractivity contribution in [3.05, 3.63) is 63.1 Å². The normalized spacial score (nSPS) is 18.0. The van der Waals surface area contributed by atoms with E-state index in [1.54, 1.807) is 0 Å². The number of nitrogens with two attached hydrogens (primary N) is 1. The van der Waals surface area contributed by atoms with Crippen molar-refractivity contribution in [1.29, 1.82) is 0 Å². The number of rotatable bonds is 2. The predicted molar refractivity (Wildman–Crippen MR) is 92.0 cm³/mol. The van der Waals surface area contributed by atoms with Gasteiger partial charge in [0.2, 0.25) is 0 Å². The Morgan fingerprint density at radius 1 is 1.29 bits per heavy atom. The highest BCUT2D eigenvalue weighted by atomic mass is 79.9. The first-order chi connectivity index (χ1) is 10.1. The third kappa shape index (κ3) is 2.78. The van der Waals surface area contributed by atoms with Crippen LogP contribution in [-0.4, -0.2) is 12.5 Å². The summed E-state index contributed by atoms with van der Waals surface area (Å²) in [5.41, 5.74) is 9.48. The number of anilines is 1. The first-order valence-electron chi connectivity index (χ1n) is 6.67. The Balaban J connectivity index is 2.03. The maximum absolute atomic E-state index is 6.10. The van der Waals surface area contributed by atoms with Gasteiger partial charge in [-0.25, -0.2) is 0 Å². The van der Waals surface area contributed by atoms with Crippen LogP contribution >= 0.6 is 27.5 Å². The number of aliphatic imine (C=N–C) groups is 1. The van der Waals surface area contributed by atoms with E-state index in [9.17, 15) is 0 Å². The quantitative estimate of drug-likeness (QED) is 0.864. The maximum Gasteiger partial charge on any atom is 0.196 e. The van der Waals surface area contributed by atoms with Crippen LogP contribution in [0.3, 0.4) is 0 Å².